The van der Waals surface area contributed by atoms with E-state index in [9.17, 15) is 14.4 Å². The lowest BCUT2D eigenvalue weighted by Crippen LogP contribution is -2.54. The number of carbonyl (C=O) groups is 3. The molecule has 1 unspecified atom stereocenters. The summed E-state index contributed by atoms with van der Waals surface area (Å²) < 4.78 is 26.3. The van der Waals surface area contributed by atoms with E-state index < -0.39 is 17.9 Å². The van der Waals surface area contributed by atoms with Gasteiger partial charge in [0.1, 0.15) is 24.0 Å². The van der Waals surface area contributed by atoms with E-state index in [1.165, 1.54) is 10.9 Å². The van der Waals surface area contributed by atoms with Crippen LogP contribution in [0.1, 0.15) is 59.2 Å². The molecule has 6 heterocycles. The lowest BCUT2D eigenvalue weighted by atomic mass is 9.92. The first-order valence-corrected chi connectivity index (χ1v) is 19.8. The third kappa shape index (κ3) is 7.50. The molecule has 3 aromatic heterocycles. The number of nitrogens with zero attached hydrogens (tertiary/aromatic N) is 5. The number of pyridine rings is 2. The topological polar surface area (TPSA) is 137 Å². The van der Waals surface area contributed by atoms with Gasteiger partial charge in [0.15, 0.2) is 0 Å². The van der Waals surface area contributed by atoms with Gasteiger partial charge in [-0.25, -0.2) is 4.98 Å². The Morgan fingerprint density at radius 2 is 1.63 bits per heavy atom. The largest absolute Gasteiger partial charge is 0.488 e. The van der Waals surface area contributed by atoms with E-state index in [1.807, 2.05) is 30.7 Å². The minimum Gasteiger partial charge on any atom is -0.488 e. The Kier molecular flexibility index (Phi) is 10.2. The number of piperidine rings is 1. The van der Waals surface area contributed by atoms with Crippen molar-refractivity contribution in [3.63, 3.8) is 0 Å². The minimum absolute atomic E-state index is 0.00838. The Morgan fingerprint density at radius 1 is 0.807 bits per heavy atom. The molecule has 0 spiro atoms. The summed E-state index contributed by atoms with van der Waals surface area (Å²) >= 11 is 0. The zero-order valence-electron chi connectivity index (χ0n) is 32.0. The molecule has 1 aliphatic carbocycles. The maximum Gasteiger partial charge on any atom is 0.262 e. The van der Waals surface area contributed by atoms with Crippen LogP contribution in [0.2, 0.25) is 0 Å². The number of ether oxygens (including phenoxy) is 4. The van der Waals surface area contributed by atoms with E-state index in [2.05, 4.69) is 62.6 Å². The Morgan fingerprint density at radius 3 is 2.46 bits per heavy atom. The highest BCUT2D eigenvalue weighted by Gasteiger charge is 2.44. The van der Waals surface area contributed by atoms with Gasteiger partial charge in [0.05, 0.1) is 22.7 Å². The number of hydrogen-bond acceptors (Lipinski definition) is 10. The quantitative estimate of drug-likeness (QED) is 0.105. The Balaban J connectivity index is 0.618. The van der Waals surface area contributed by atoms with Gasteiger partial charge in [-0.1, -0.05) is 18.7 Å². The number of benzene rings is 2. The van der Waals surface area contributed by atoms with Gasteiger partial charge in [0.25, 0.3) is 11.8 Å². The van der Waals surface area contributed by atoms with Gasteiger partial charge in [-0.15, -0.1) is 0 Å². The molecule has 9 rings (SSSR count). The Bertz CT molecular complexity index is 2350. The van der Waals surface area contributed by atoms with E-state index in [0.29, 0.717) is 55.6 Å². The number of allylic oxidation sites excluding steroid dienone is 1. The molecule has 0 bridgehead atoms. The number of likely N-dealkylation sites (tertiary alicyclic amines) is 1. The number of aryl methyl sites for hydroxylation is 1. The summed E-state index contributed by atoms with van der Waals surface area (Å²) in [6.45, 7) is 8.27. The van der Waals surface area contributed by atoms with Crippen molar-refractivity contribution in [1.29, 1.82) is 0 Å². The molecule has 0 radical (unpaired) electrons. The van der Waals surface area contributed by atoms with Crippen molar-refractivity contribution in [3.8, 4) is 22.8 Å². The van der Waals surface area contributed by atoms with Gasteiger partial charge < -0.3 is 28.8 Å². The molecule has 4 aliphatic rings. The molecule has 57 heavy (non-hydrogen) atoms. The van der Waals surface area contributed by atoms with Gasteiger partial charge in [-0.3, -0.25) is 29.2 Å². The zero-order valence-corrected chi connectivity index (χ0v) is 32.0. The molecule has 294 valence electrons. The summed E-state index contributed by atoms with van der Waals surface area (Å²) in [5.41, 5.74) is 5.67. The van der Waals surface area contributed by atoms with Crippen LogP contribution in [-0.4, -0.2) is 106 Å². The molecular formula is C44H46N6O7. The third-order valence-corrected chi connectivity index (χ3v) is 11.5. The Labute approximate surface area is 330 Å². The van der Waals surface area contributed by atoms with Crippen LogP contribution in [0.5, 0.6) is 11.6 Å². The summed E-state index contributed by atoms with van der Waals surface area (Å²) in [7, 11) is 2.09. The third-order valence-electron chi connectivity index (χ3n) is 11.5. The van der Waals surface area contributed by atoms with E-state index in [1.54, 1.807) is 18.2 Å². The first-order chi connectivity index (χ1) is 27.8. The number of amides is 3. The number of aromatic nitrogens is 3. The summed E-state index contributed by atoms with van der Waals surface area (Å²) in [4.78, 5) is 50.9. The predicted octanol–water partition coefficient (Wildman–Crippen LogP) is 5.66. The molecule has 13 nitrogen and oxygen atoms in total. The SMILES string of the molecule is C=C1CCC(N2C(=O)c3ccc(OC4CN(CCCOCCCOC5CC(Oc6ccc(-c7ccc8c9cnccc9n(C)c8c7)cn6)C5)C4)cc3C2=O)C(=O)N1. The van der Waals surface area contributed by atoms with Crippen LogP contribution in [0.3, 0.4) is 0 Å². The molecule has 2 aromatic carbocycles. The average molecular weight is 771 g/mol. The maximum absolute atomic E-state index is 13.1. The number of hydrogen-bond donors (Lipinski definition) is 1. The van der Waals surface area contributed by atoms with E-state index >= 15 is 0 Å². The lowest BCUT2D eigenvalue weighted by molar-refractivity contribution is -0.125. The highest BCUT2D eigenvalue weighted by molar-refractivity contribution is 6.23. The molecule has 3 amide bonds. The molecule has 2 saturated heterocycles. The van der Waals surface area contributed by atoms with Crippen molar-refractivity contribution >= 4 is 39.5 Å². The van der Waals surface area contributed by atoms with Crippen LogP contribution in [-0.2, 0) is 21.3 Å². The van der Waals surface area contributed by atoms with Crippen LogP contribution in [0, 0.1) is 0 Å². The predicted molar refractivity (Wildman–Crippen MR) is 213 cm³/mol. The second-order valence-corrected chi connectivity index (χ2v) is 15.4. The molecule has 3 fully saturated rings. The Hall–Kier alpha value is -5.63. The molecule has 1 N–H and O–H groups in total. The standard InChI is InChI=1S/C44H46N6O7/c1-27-5-11-39(42(51)47-27)50-43(52)35-10-8-30(22-36(35)44(50)53)56-33-25-49(26-33)15-3-16-54-17-4-18-55-31-20-32(21-31)57-41-12-7-29(23-46-41)28-6-9-34-37-24-45-14-13-38(37)48(2)40(34)19-28/h6-10,12-14,19,22-24,31-33,39H,1,3-5,11,15-18,20-21,25-26H2,2H3,(H,47,51). The fourth-order valence-electron chi connectivity index (χ4n) is 8.25. The number of rotatable bonds is 15. The second kappa shape index (κ2) is 15.7. The van der Waals surface area contributed by atoms with Crippen LogP contribution >= 0.6 is 0 Å². The molecule has 13 heteroatoms. The van der Waals surface area contributed by atoms with Crippen LogP contribution in [0.15, 0.2) is 85.5 Å². The number of nitrogens with one attached hydrogen (secondary N) is 1. The van der Waals surface area contributed by atoms with Gasteiger partial charge in [-0.05, 0) is 67.6 Å². The van der Waals surface area contributed by atoms with Gasteiger partial charge in [0.2, 0.25) is 11.8 Å². The fraction of sp³-hybridized carbons (Fsp3) is 0.386. The van der Waals surface area contributed by atoms with Crippen molar-refractivity contribution in [3.05, 3.63) is 96.6 Å². The summed E-state index contributed by atoms with van der Waals surface area (Å²) in [6.07, 6.45) is 10.4. The highest BCUT2D eigenvalue weighted by Crippen LogP contribution is 2.34. The molecule has 1 saturated carbocycles. The zero-order chi connectivity index (χ0) is 39.0. The van der Waals surface area contributed by atoms with Crippen molar-refractivity contribution in [2.75, 3.05) is 39.5 Å². The van der Waals surface area contributed by atoms with Crippen LogP contribution in [0.25, 0.3) is 32.9 Å². The minimum atomic E-state index is -0.829. The summed E-state index contributed by atoms with van der Waals surface area (Å²) in [5, 5.41) is 5.01. The molecular weight excluding hydrogens is 725 g/mol. The maximum atomic E-state index is 13.1. The average Bonchev–Trinajstić information content (AvgIpc) is 3.61. The fourth-order valence-corrected chi connectivity index (χ4v) is 8.25. The van der Waals surface area contributed by atoms with E-state index in [0.717, 1.165) is 72.2 Å². The summed E-state index contributed by atoms with van der Waals surface area (Å²) in [5.74, 6) is -0.0988. The second-order valence-electron chi connectivity index (χ2n) is 15.4. The van der Waals surface area contributed by atoms with Gasteiger partial charge >= 0.3 is 0 Å². The molecule has 3 aliphatic heterocycles. The molecule has 5 aromatic rings. The van der Waals surface area contributed by atoms with E-state index in [-0.39, 0.29) is 29.8 Å². The van der Waals surface area contributed by atoms with Crippen LogP contribution < -0.4 is 14.8 Å². The van der Waals surface area contributed by atoms with Crippen LogP contribution in [0.4, 0.5) is 0 Å². The molecule has 1 atom stereocenters. The number of fused-ring (bicyclic) bond motifs is 4. The number of carbonyl (C=O) groups excluding carboxylic acids is 3. The first-order valence-electron chi connectivity index (χ1n) is 19.8. The van der Waals surface area contributed by atoms with Gasteiger partial charge in [-0.2, -0.15) is 0 Å². The highest BCUT2D eigenvalue weighted by atomic mass is 16.5. The normalized spacial score (nSPS) is 21.1. The van der Waals surface area contributed by atoms with E-state index in [4.69, 9.17) is 18.9 Å². The smallest absolute Gasteiger partial charge is 0.262 e. The van der Waals surface area contributed by atoms with Crippen molar-refractivity contribution in [2.24, 2.45) is 7.05 Å². The number of imide groups is 1. The monoisotopic (exact) mass is 770 g/mol. The van der Waals surface area contributed by atoms with Crippen molar-refractivity contribution in [2.45, 2.75) is 62.9 Å². The van der Waals surface area contributed by atoms with Gasteiger partial charge in [0, 0.05) is 112 Å². The lowest BCUT2D eigenvalue weighted by Gasteiger charge is -2.39. The summed E-state index contributed by atoms with van der Waals surface area (Å²) in [6, 6.07) is 16.7. The first kappa shape index (κ1) is 37.0. The van der Waals surface area contributed by atoms with Crippen molar-refractivity contribution < 1.29 is 33.3 Å². The van der Waals surface area contributed by atoms with Crippen molar-refractivity contribution in [1.82, 2.24) is 29.7 Å².